The summed E-state index contributed by atoms with van der Waals surface area (Å²) >= 11 is 12.0. The van der Waals surface area contributed by atoms with Crippen LogP contribution in [0.1, 0.15) is 45.8 Å². The van der Waals surface area contributed by atoms with Gasteiger partial charge in [-0.3, -0.25) is 14.3 Å². The number of piperidine rings is 1. The second kappa shape index (κ2) is 7.52. The van der Waals surface area contributed by atoms with Crippen molar-refractivity contribution in [1.82, 2.24) is 19.6 Å². The van der Waals surface area contributed by atoms with Crippen LogP contribution in [-0.4, -0.2) is 51.0 Å². The Hall–Kier alpha value is -2.05. The van der Waals surface area contributed by atoms with E-state index in [0.29, 0.717) is 41.1 Å². The third-order valence-electron chi connectivity index (χ3n) is 5.09. The lowest BCUT2D eigenvalue weighted by molar-refractivity contribution is 0.0679. The van der Waals surface area contributed by atoms with Gasteiger partial charge in [-0.25, -0.2) is 0 Å². The van der Waals surface area contributed by atoms with E-state index in [1.54, 1.807) is 27.8 Å². The number of aromatic nitrogens is 2. The molecule has 0 N–H and O–H groups in total. The second-order valence-electron chi connectivity index (χ2n) is 6.97. The molecule has 27 heavy (non-hydrogen) atoms. The molecule has 142 valence electrons. The molecule has 2 aromatic rings. The molecule has 0 atom stereocenters. The average molecular weight is 407 g/mol. The van der Waals surface area contributed by atoms with Gasteiger partial charge in [-0.15, -0.1) is 0 Å². The predicted molar refractivity (Wildman–Crippen MR) is 103 cm³/mol. The van der Waals surface area contributed by atoms with Gasteiger partial charge < -0.3 is 9.80 Å². The van der Waals surface area contributed by atoms with Crippen LogP contribution >= 0.6 is 23.2 Å². The van der Waals surface area contributed by atoms with Crippen LogP contribution < -0.4 is 0 Å². The van der Waals surface area contributed by atoms with Crippen molar-refractivity contribution in [2.24, 2.45) is 0 Å². The third kappa shape index (κ3) is 3.69. The lowest BCUT2D eigenvalue weighted by Crippen LogP contribution is -2.39. The maximum absolute atomic E-state index is 12.9. The Labute approximate surface area is 167 Å². The molecule has 0 radical (unpaired) electrons. The summed E-state index contributed by atoms with van der Waals surface area (Å²) in [7, 11) is 0. The molecule has 0 aliphatic carbocycles. The van der Waals surface area contributed by atoms with Gasteiger partial charge in [-0.1, -0.05) is 29.3 Å². The Kier molecular flexibility index (Phi) is 5.10. The number of carbonyl (C=O) groups is 2. The van der Waals surface area contributed by atoms with Crippen molar-refractivity contribution in [3.8, 4) is 0 Å². The van der Waals surface area contributed by atoms with E-state index in [1.807, 2.05) is 11.0 Å². The molecular weight excluding hydrogens is 387 g/mol. The predicted octanol–water partition coefficient (Wildman–Crippen LogP) is 3.47. The zero-order valence-corrected chi connectivity index (χ0v) is 16.3. The first-order valence-corrected chi connectivity index (χ1v) is 9.89. The number of fused-ring (bicyclic) bond motifs is 1. The largest absolute Gasteiger partial charge is 0.337 e. The van der Waals surface area contributed by atoms with Gasteiger partial charge >= 0.3 is 0 Å². The van der Waals surface area contributed by atoms with Crippen molar-refractivity contribution in [2.45, 2.75) is 32.4 Å². The quantitative estimate of drug-likeness (QED) is 0.783. The minimum absolute atomic E-state index is 0.0829. The Morgan fingerprint density at radius 2 is 1.78 bits per heavy atom. The molecule has 0 spiro atoms. The average Bonchev–Trinajstić information content (AvgIpc) is 3.12. The number of hydrogen-bond donors (Lipinski definition) is 0. The van der Waals surface area contributed by atoms with E-state index in [-0.39, 0.29) is 11.8 Å². The van der Waals surface area contributed by atoms with Crippen molar-refractivity contribution in [1.29, 1.82) is 0 Å². The van der Waals surface area contributed by atoms with Crippen LogP contribution in [0.4, 0.5) is 0 Å². The highest BCUT2D eigenvalue weighted by molar-refractivity contribution is 6.42. The van der Waals surface area contributed by atoms with E-state index >= 15 is 0 Å². The molecule has 2 aliphatic heterocycles. The molecule has 0 bridgehead atoms. The highest BCUT2D eigenvalue weighted by atomic mass is 35.5. The third-order valence-corrected chi connectivity index (χ3v) is 5.83. The van der Waals surface area contributed by atoms with Crippen molar-refractivity contribution in [3.63, 3.8) is 0 Å². The molecule has 1 aromatic heterocycles. The summed E-state index contributed by atoms with van der Waals surface area (Å²) in [5, 5.41) is 5.34. The lowest BCUT2D eigenvalue weighted by atomic mass is 10.1. The Bertz CT molecular complexity index is 890. The minimum atomic E-state index is -0.127. The zero-order chi connectivity index (χ0) is 19.0. The molecule has 4 rings (SSSR count). The number of carbonyl (C=O) groups excluding carboxylic acids is 2. The first-order valence-electron chi connectivity index (χ1n) is 9.13. The van der Waals surface area contributed by atoms with Crippen molar-refractivity contribution in [2.75, 3.05) is 19.6 Å². The Morgan fingerprint density at radius 3 is 2.52 bits per heavy atom. The molecular formula is C19H20Cl2N4O2. The smallest absolute Gasteiger partial charge is 0.274 e. The van der Waals surface area contributed by atoms with Crippen molar-refractivity contribution in [3.05, 3.63) is 51.3 Å². The van der Waals surface area contributed by atoms with Crippen LogP contribution in [0.5, 0.6) is 0 Å². The molecule has 1 aromatic carbocycles. The van der Waals surface area contributed by atoms with E-state index in [4.69, 9.17) is 23.2 Å². The van der Waals surface area contributed by atoms with E-state index < -0.39 is 0 Å². The van der Waals surface area contributed by atoms with Gasteiger partial charge in [-0.05, 0) is 37.0 Å². The normalized spacial score (nSPS) is 17.2. The standard InChI is InChI=1S/C19H20Cl2N4O2/c20-14-5-4-13(10-15(14)21)12-24-8-9-25-17(19(24)27)11-16(22-25)18(26)23-6-2-1-3-7-23/h4-5,10-11H,1-3,6-9,12H2. The van der Waals surface area contributed by atoms with Crippen LogP contribution in [0.25, 0.3) is 0 Å². The highest BCUT2D eigenvalue weighted by Gasteiger charge is 2.29. The lowest BCUT2D eigenvalue weighted by Gasteiger charge is -2.27. The fraction of sp³-hybridized carbons (Fsp3) is 0.421. The molecule has 3 heterocycles. The minimum Gasteiger partial charge on any atom is -0.337 e. The maximum Gasteiger partial charge on any atom is 0.274 e. The van der Waals surface area contributed by atoms with Gasteiger partial charge in [0.15, 0.2) is 5.69 Å². The summed E-state index contributed by atoms with van der Waals surface area (Å²) in [4.78, 5) is 29.1. The first-order chi connectivity index (χ1) is 13.0. The van der Waals surface area contributed by atoms with Gasteiger partial charge in [0, 0.05) is 32.2 Å². The van der Waals surface area contributed by atoms with Crippen LogP contribution in [0.15, 0.2) is 24.3 Å². The van der Waals surface area contributed by atoms with Gasteiger partial charge in [0.05, 0.1) is 16.6 Å². The van der Waals surface area contributed by atoms with Gasteiger partial charge in [0.25, 0.3) is 11.8 Å². The molecule has 8 heteroatoms. The van der Waals surface area contributed by atoms with E-state index in [9.17, 15) is 9.59 Å². The van der Waals surface area contributed by atoms with Gasteiger partial charge in [0.1, 0.15) is 5.69 Å². The molecule has 0 unspecified atom stereocenters. The van der Waals surface area contributed by atoms with Crippen LogP contribution in [-0.2, 0) is 13.1 Å². The number of hydrogen-bond acceptors (Lipinski definition) is 3. The summed E-state index contributed by atoms with van der Waals surface area (Å²) in [5.41, 5.74) is 1.73. The molecule has 2 amide bonds. The maximum atomic E-state index is 12.9. The molecule has 6 nitrogen and oxygen atoms in total. The van der Waals surface area contributed by atoms with Crippen molar-refractivity contribution < 1.29 is 9.59 Å². The monoisotopic (exact) mass is 406 g/mol. The fourth-order valence-electron chi connectivity index (χ4n) is 3.61. The fourth-order valence-corrected chi connectivity index (χ4v) is 3.93. The SMILES string of the molecule is O=C(c1cc2n(n1)CCN(Cc1ccc(Cl)c(Cl)c1)C2=O)N1CCCCC1. The summed E-state index contributed by atoms with van der Waals surface area (Å²) < 4.78 is 1.64. The van der Waals surface area contributed by atoms with Crippen molar-refractivity contribution >= 4 is 35.0 Å². The molecule has 2 aliphatic rings. The molecule has 1 fully saturated rings. The number of halogens is 2. The highest BCUT2D eigenvalue weighted by Crippen LogP contribution is 2.24. The Balaban J connectivity index is 1.51. The van der Waals surface area contributed by atoms with Crippen LogP contribution in [0.3, 0.4) is 0 Å². The number of rotatable bonds is 3. The van der Waals surface area contributed by atoms with Gasteiger partial charge in [0.2, 0.25) is 0 Å². The summed E-state index contributed by atoms with van der Waals surface area (Å²) in [6, 6.07) is 6.99. The number of nitrogens with zero attached hydrogens (tertiary/aromatic N) is 4. The number of amides is 2. The topological polar surface area (TPSA) is 58.4 Å². The first kappa shape index (κ1) is 18.3. The summed E-state index contributed by atoms with van der Waals surface area (Å²) in [6.07, 6.45) is 3.21. The van der Waals surface area contributed by atoms with E-state index in [1.165, 1.54) is 0 Å². The molecule has 1 saturated heterocycles. The van der Waals surface area contributed by atoms with E-state index in [0.717, 1.165) is 37.9 Å². The van der Waals surface area contributed by atoms with Gasteiger partial charge in [-0.2, -0.15) is 5.10 Å². The number of benzene rings is 1. The van der Waals surface area contributed by atoms with E-state index in [2.05, 4.69) is 5.10 Å². The Morgan fingerprint density at radius 1 is 1.00 bits per heavy atom. The zero-order valence-electron chi connectivity index (χ0n) is 14.8. The second-order valence-corrected chi connectivity index (χ2v) is 7.78. The van der Waals surface area contributed by atoms with Crippen LogP contribution in [0.2, 0.25) is 10.0 Å². The van der Waals surface area contributed by atoms with Crippen LogP contribution in [0, 0.1) is 0 Å². The summed E-state index contributed by atoms with van der Waals surface area (Å²) in [5.74, 6) is -0.210. The summed E-state index contributed by atoms with van der Waals surface area (Å²) in [6.45, 7) is 3.06. The number of likely N-dealkylation sites (tertiary alicyclic amines) is 1. The molecule has 0 saturated carbocycles.